The molecule has 3 atom stereocenters. The molecule has 4 nitrogen and oxygen atoms in total. The van der Waals surface area contributed by atoms with Crippen LogP contribution < -0.4 is 11.1 Å². The molecule has 114 valence electrons. The molecule has 0 spiro atoms. The van der Waals surface area contributed by atoms with Crippen molar-refractivity contribution in [2.24, 2.45) is 11.7 Å². The fourth-order valence-electron chi connectivity index (χ4n) is 3.59. The lowest BCUT2D eigenvalue weighted by molar-refractivity contribution is -0.125. The highest BCUT2D eigenvalue weighted by molar-refractivity contribution is 5.77. The quantitative estimate of drug-likeness (QED) is 0.890. The summed E-state index contributed by atoms with van der Waals surface area (Å²) in [5.74, 6) is 0.524. The van der Waals surface area contributed by atoms with Gasteiger partial charge >= 0.3 is 0 Å². The number of hydrogen-bond donors (Lipinski definition) is 2. The molecule has 0 aromatic heterocycles. The largest absolute Gasteiger partial charge is 0.373 e. The minimum atomic E-state index is -0.104. The normalized spacial score (nSPS) is 28.1. The molecular formula is C17H24N2O2. The SMILES string of the molecule is NCC1CCCC1NC(=O)CC1OCCc2ccccc21. The number of fused-ring (bicyclic) bond motifs is 1. The predicted molar refractivity (Wildman–Crippen MR) is 81.8 cm³/mol. The maximum atomic E-state index is 12.3. The highest BCUT2D eigenvalue weighted by Gasteiger charge is 2.29. The lowest BCUT2D eigenvalue weighted by atomic mass is 9.95. The van der Waals surface area contributed by atoms with E-state index in [1.54, 1.807) is 0 Å². The second-order valence-electron chi connectivity index (χ2n) is 6.11. The third-order valence-corrected chi connectivity index (χ3v) is 4.77. The second kappa shape index (κ2) is 6.58. The summed E-state index contributed by atoms with van der Waals surface area (Å²) in [6.45, 7) is 1.36. The van der Waals surface area contributed by atoms with Gasteiger partial charge in [0, 0.05) is 6.04 Å². The molecule has 1 aromatic carbocycles. The molecule has 3 N–H and O–H groups in total. The Labute approximate surface area is 126 Å². The van der Waals surface area contributed by atoms with E-state index in [9.17, 15) is 4.79 Å². The Balaban J connectivity index is 1.61. The van der Waals surface area contributed by atoms with Crippen molar-refractivity contribution in [3.63, 3.8) is 0 Å². The van der Waals surface area contributed by atoms with Gasteiger partial charge in [-0.05, 0) is 42.9 Å². The Morgan fingerprint density at radius 3 is 3.05 bits per heavy atom. The van der Waals surface area contributed by atoms with Crippen LogP contribution in [-0.4, -0.2) is 25.1 Å². The van der Waals surface area contributed by atoms with Crippen molar-refractivity contribution in [3.05, 3.63) is 35.4 Å². The molecule has 0 radical (unpaired) electrons. The third-order valence-electron chi connectivity index (χ3n) is 4.77. The summed E-state index contributed by atoms with van der Waals surface area (Å²) in [7, 11) is 0. The molecule has 1 fully saturated rings. The standard InChI is InChI=1S/C17H24N2O2/c18-11-13-5-3-7-15(13)19-17(20)10-16-14-6-2-1-4-12(14)8-9-21-16/h1-2,4,6,13,15-16H,3,5,7-11,18H2,(H,19,20). The number of carbonyl (C=O) groups excluding carboxylic acids is 1. The topological polar surface area (TPSA) is 64.3 Å². The lowest BCUT2D eigenvalue weighted by Crippen LogP contribution is -2.40. The Morgan fingerprint density at radius 1 is 1.33 bits per heavy atom. The number of ether oxygens (including phenoxy) is 1. The molecule has 0 bridgehead atoms. The van der Waals surface area contributed by atoms with Gasteiger partial charge in [0.25, 0.3) is 0 Å². The molecular weight excluding hydrogens is 264 g/mol. The summed E-state index contributed by atoms with van der Waals surface area (Å²) in [5, 5.41) is 3.16. The van der Waals surface area contributed by atoms with Gasteiger partial charge in [0.1, 0.15) is 0 Å². The van der Waals surface area contributed by atoms with Gasteiger partial charge in [-0.25, -0.2) is 0 Å². The summed E-state index contributed by atoms with van der Waals surface area (Å²) >= 11 is 0. The number of hydrogen-bond acceptors (Lipinski definition) is 3. The molecule has 1 aliphatic carbocycles. The zero-order chi connectivity index (χ0) is 14.7. The van der Waals surface area contributed by atoms with Crippen molar-refractivity contribution in [2.45, 2.75) is 44.2 Å². The zero-order valence-corrected chi connectivity index (χ0v) is 12.4. The first-order valence-corrected chi connectivity index (χ1v) is 7.96. The van der Waals surface area contributed by atoms with Gasteiger partial charge in [-0.1, -0.05) is 30.7 Å². The Kier molecular flexibility index (Phi) is 4.56. The van der Waals surface area contributed by atoms with E-state index in [4.69, 9.17) is 10.5 Å². The molecule has 21 heavy (non-hydrogen) atoms. The van der Waals surface area contributed by atoms with E-state index in [0.29, 0.717) is 25.5 Å². The molecule has 1 amide bonds. The molecule has 1 saturated carbocycles. The highest BCUT2D eigenvalue weighted by atomic mass is 16.5. The van der Waals surface area contributed by atoms with E-state index < -0.39 is 0 Å². The lowest BCUT2D eigenvalue weighted by Gasteiger charge is -2.27. The van der Waals surface area contributed by atoms with Crippen molar-refractivity contribution in [2.75, 3.05) is 13.2 Å². The average Bonchev–Trinajstić information content (AvgIpc) is 2.94. The molecule has 1 aromatic rings. The van der Waals surface area contributed by atoms with Crippen LogP contribution in [0.1, 0.15) is 42.9 Å². The van der Waals surface area contributed by atoms with Crippen LogP contribution in [0.3, 0.4) is 0 Å². The maximum absolute atomic E-state index is 12.3. The first kappa shape index (κ1) is 14.5. The van der Waals surface area contributed by atoms with Gasteiger partial charge in [-0.3, -0.25) is 4.79 Å². The molecule has 4 heteroatoms. The minimum absolute atomic E-state index is 0.0852. The van der Waals surface area contributed by atoms with Crippen molar-refractivity contribution in [1.82, 2.24) is 5.32 Å². The van der Waals surface area contributed by atoms with Crippen LogP contribution in [0, 0.1) is 5.92 Å². The van der Waals surface area contributed by atoms with E-state index >= 15 is 0 Å². The molecule has 0 saturated heterocycles. The van der Waals surface area contributed by atoms with E-state index in [0.717, 1.165) is 25.7 Å². The fourth-order valence-corrected chi connectivity index (χ4v) is 3.59. The van der Waals surface area contributed by atoms with E-state index in [-0.39, 0.29) is 18.1 Å². The summed E-state index contributed by atoms with van der Waals surface area (Å²) in [6.07, 6.45) is 4.58. The second-order valence-corrected chi connectivity index (χ2v) is 6.11. The number of amides is 1. The number of carbonyl (C=O) groups is 1. The summed E-state index contributed by atoms with van der Waals surface area (Å²) in [6, 6.07) is 8.52. The van der Waals surface area contributed by atoms with Gasteiger partial charge < -0.3 is 15.8 Å². The summed E-state index contributed by atoms with van der Waals surface area (Å²) in [4.78, 5) is 12.3. The van der Waals surface area contributed by atoms with Crippen molar-refractivity contribution in [1.29, 1.82) is 0 Å². The van der Waals surface area contributed by atoms with Crippen molar-refractivity contribution < 1.29 is 9.53 Å². The van der Waals surface area contributed by atoms with Crippen LogP contribution in [0.4, 0.5) is 0 Å². The molecule has 3 rings (SSSR count). The molecule has 3 unspecified atom stereocenters. The Hall–Kier alpha value is -1.39. The number of rotatable bonds is 4. The first-order chi connectivity index (χ1) is 10.3. The van der Waals surface area contributed by atoms with Gasteiger partial charge in [0.05, 0.1) is 19.1 Å². The van der Waals surface area contributed by atoms with Gasteiger partial charge in [0.15, 0.2) is 0 Å². The van der Waals surface area contributed by atoms with Crippen molar-refractivity contribution >= 4 is 5.91 Å². The number of benzene rings is 1. The first-order valence-electron chi connectivity index (χ1n) is 7.96. The summed E-state index contributed by atoms with van der Waals surface area (Å²) in [5.41, 5.74) is 8.25. The van der Waals surface area contributed by atoms with Gasteiger partial charge in [-0.15, -0.1) is 0 Å². The van der Waals surface area contributed by atoms with Crippen molar-refractivity contribution in [3.8, 4) is 0 Å². The Morgan fingerprint density at radius 2 is 2.19 bits per heavy atom. The molecule has 1 aliphatic heterocycles. The van der Waals surface area contributed by atoms with Crippen LogP contribution in [-0.2, 0) is 16.0 Å². The number of nitrogens with one attached hydrogen (secondary N) is 1. The monoisotopic (exact) mass is 288 g/mol. The van der Waals surface area contributed by atoms with E-state index in [1.807, 2.05) is 12.1 Å². The maximum Gasteiger partial charge on any atom is 0.223 e. The molecule has 1 heterocycles. The van der Waals surface area contributed by atoms with Gasteiger partial charge in [-0.2, -0.15) is 0 Å². The van der Waals surface area contributed by atoms with E-state index in [2.05, 4.69) is 17.4 Å². The fraction of sp³-hybridized carbons (Fsp3) is 0.588. The van der Waals surface area contributed by atoms with Gasteiger partial charge in [0.2, 0.25) is 5.91 Å². The predicted octanol–water partition coefficient (Wildman–Crippen LogP) is 1.93. The smallest absolute Gasteiger partial charge is 0.223 e. The van der Waals surface area contributed by atoms with Crippen LogP contribution in [0.25, 0.3) is 0 Å². The zero-order valence-electron chi connectivity index (χ0n) is 12.4. The minimum Gasteiger partial charge on any atom is -0.373 e. The van der Waals surface area contributed by atoms with Crippen LogP contribution >= 0.6 is 0 Å². The van der Waals surface area contributed by atoms with Crippen LogP contribution in [0.15, 0.2) is 24.3 Å². The summed E-state index contributed by atoms with van der Waals surface area (Å²) < 4.78 is 5.81. The van der Waals surface area contributed by atoms with E-state index in [1.165, 1.54) is 11.1 Å². The van der Waals surface area contributed by atoms with Crippen LogP contribution in [0.2, 0.25) is 0 Å². The molecule has 2 aliphatic rings. The average molecular weight is 288 g/mol. The number of nitrogens with two attached hydrogens (primary N) is 1. The highest BCUT2D eigenvalue weighted by Crippen LogP contribution is 2.30. The Bertz CT molecular complexity index is 503. The van der Waals surface area contributed by atoms with Crippen LogP contribution in [0.5, 0.6) is 0 Å². The third kappa shape index (κ3) is 3.27.